The van der Waals surface area contributed by atoms with Crippen molar-refractivity contribution in [2.45, 2.75) is 38.5 Å². The maximum Gasteiger partial charge on any atom is 0.242 e. The van der Waals surface area contributed by atoms with Crippen LogP contribution in [-0.4, -0.2) is 99.7 Å². The number of aryl methyl sites for hydroxylation is 1. The van der Waals surface area contributed by atoms with Crippen LogP contribution in [-0.2, 0) is 35.1 Å². The lowest BCUT2D eigenvalue weighted by Gasteiger charge is -2.26. The highest BCUT2D eigenvalue weighted by molar-refractivity contribution is 5.95. The fraction of sp³-hybridized carbons (Fsp3) is 0.452. The first-order valence-electron chi connectivity index (χ1n) is 14.1. The van der Waals surface area contributed by atoms with Crippen LogP contribution in [0.15, 0.2) is 48.5 Å². The van der Waals surface area contributed by atoms with Gasteiger partial charge in [0, 0.05) is 13.1 Å². The molecule has 2 aromatic carbocycles. The average Bonchev–Trinajstić information content (AvgIpc) is 3.86. The molecule has 4 rings (SSSR count). The molecule has 230 valence electrons. The van der Waals surface area contributed by atoms with E-state index in [1.807, 2.05) is 35.2 Å². The number of ketones is 1. The number of nitriles is 1. The number of nitrogens with one attached hydrogen (secondary N) is 3. The zero-order valence-corrected chi connectivity index (χ0v) is 24.8. The predicted octanol–water partition coefficient (Wildman–Crippen LogP) is 0.510. The molecule has 3 N–H and O–H groups in total. The first-order chi connectivity index (χ1) is 20.7. The summed E-state index contributed by atoms with van der Waals surface area (Å²) in [5, 5.41) is 16.7. The van der Waals surface area contributed by atoms with E-state index in [1.54, 1.807) is 31.4 Å². The van der Waals surface area contributed by atoms with E-state index in [1.165, 1.54) is 12.5 Å². The fourth-order valence-electron chi connectivity index (χ4n) is 4.17. The number of hydrogen-bond donors (Lipinski definition) is 3. The van der Waals surface area contributed by atoms with Crippen molar-refractivity contribution in [1.82, 2.24) is 20.9 Å². The van der Waals surface area contributed by atoms with E-state index in [2.05, 4.69) is 22.9 Å². The second-order valence-electron chi connectivity index (χ2n) is 10.3. The van der Waals surface area contributed by atoms with Gasteiger partial charge in [0.1, 0.15) is 17.9 Å². The number of benzene rings is 2. The van der Waals surface area contributed by atoms with Crippen LogP contribution in [0.25, 0.3) is 0 Å². The van der Waals surface area contributed by atoms with Crippen molar-refractivity contribution in [1.29, 1.82) is 5.26 Å². The molecular formula is C31H39N5O7. The molecule has 43 heavy (non-hydrogen) atoms. The van der Waals surface area contributed by atoms with Crippen LogP contribution in [0, 0.1) is 18.3 Å². The van der Waals surface area contributed by atoms with Gasteiger partial charge in [-0.15, -0.1) is 0 Å². The Morgan fingerprint density at radius 3 is 2.26 bits per heavy atom. The predicted molar refractivity (Wildman–Crippen MR) is 157 cm³/mol. The van der Waals surface area contributed by atoms with Crippen molar-refractivity contribution < 1.29 is 33.4 Å². The summed E-state index contributed by atoms with van der Waals surface area (Å²) < 4.78 is 15.3. The zero-order chi connectivity index (χ0) is 31.2. The molecule has 2 saturated heterocycles. The van der Waals surface area contributed by atoms with Crippen molar-refractivity contribution in [2.75, 3.05) is 53.1 Å². The van der Waals surface area contributed by atoms with Crippen molar-refractivity contribution in [3.63, 3.8) is 0 Å². The molecule has 0 aliphatic carbocycles. The van der Waals surface area contributed by atoms with Crippen LogP contribution < -0.4 is 20.7 Å². The SMILES string of the molecule is CC(NC(=O)CN1CCOCC1)C(=O)NCC(=O)NC(Cc1ccc(C#N)cc1)C(=O)C1CO1.COc1ccc(C)cc1. The lowest BCUT2D eigenvalue weighted by molar-refractivity contribution is -0.131. The second kappa shape index (κ2) is 17.0. The van der Waals surface area contributed by atoms with Gasteiger partial charge < -0.3 is 30.2 Å². The molecule has 12 nitrogen and oxygen atoms in total. The van der Waals surface area contributed by atoms with Gasteiger partial charge in [-0.25, -0.2) is 0 Å². The van der Waals surface area contributed by atoms with Crippen LogP contribution in [0.3, 0.4) is 0 Å². The topological polar surface area (TPSA) is 162 Å². The zero-order valence-electron chi connectivity index (χ0n) is 24.8. The standard InChI is InChI=1S/C23H29N5O6.C8H10O/c1-15(26-21(30)13-28-6-8-33-9-7-28)23(32)25-12-20(29)27-18(22(31)19-14-34-19)10-16-2-4-17(11-24)5-3-16;1-7-3-5-8(9-2)6-4-7/h2-5,15,18-19H,6-10,12-14H2,1H3,(H,25,32)(H,26,30)(H,27,29);3-6H,1-2H3. The number of methoxy groups -OCH3 is 1. The van der Waals surface area contributed by atoms with Crippen LogP contribution in [0.2, 0.25) is 0 Å². The molecule has 3 amide bonds. The van der Waals surface area contributed by atoms with Crippen molar-refractivity contribution in [2.24, 2.45) is 0 Å². The van der Waals surface area contributed by atoms with Gasteiger partial charge in [-0.1, -0.05) is 29.8 Å². The van der Waals surface area contributed by atoms with Crippen molar-refractivity contribution in [3.8, 4) is 11.8 Å². The molecule has 0 saturated carbocycles. The van der Waals surface area contributed by atoms with E-state index in [-0.39, 0.29) is 31.2 Å². The van der Waals surface area contributed by atoms with Crippen molar-refractivity contribution >= 4 is 23.5 Å². The molecular weight excluding hydrogens is 554 g/mol. The number of Topliss-reactive ketones (excluding diaryl/α,β-unsaturated/α-hetero) is 1. The third-order valence-corrected chi connectivity index (χ3v) is 6.77. The summed E-state index contributed by atoms with van der Waals surface area (Å²) >= 11 is 0. The molecule has 0 radical (unpaired) electrons. The highest BCUT2D eigenvalue weighted by Crippen LogP contribution is 2.15. The van der Waals surface area contributed by atoms with E-state index in [0.717, 1.165) is 11.3 Å². The highest BCUT2D eigenvalue weighted by Gasteiger charge is 2.37. The van der Waals surface area contributed by atoms with Gasteiger partial charge in [0.05, 0.1) is 57.7 Å². The second-order valence-corrected chi connectivity index (χ2v) is 10.3. The minimum Gasteiger partial charge on any atom is -0.497 e. The molecule has 2 aliphatic heterocycles. The van der Waals surface area contributed by atoms with Gasteiger partial charge in [-0.2, -0.15) is 5.26 Å². The number of rotatable bonds is 12. The fourth-order valence-corrected chi connectivity index (χ4v) is 4.17. The van der Waals surface area contributed by atoms with Gasteiger partial charge in [0.15, 0.2) is 5.78 Å². The van der Waals surface area contributed by atoms with E-state index in [4.69, 9.17) is 19.5 Å². The third kappa shape index (κ3) is 11.8. The Labute approximate surface area is 251 Å². The first kappa shape index (κ1) is 33.2. The van der Waals surface area contributed by atoms with E-state index < -0.39 is 30.0 Å². The lowest BCUT2D eigenvalue weighted by Crippen LogP contribution is -2.52. The van der Waals surface area contributed by atoms with Gasteiger partial charge in [0.2, 0.25) is 17.7 Å². The molecule has 3 atom stereocenters. The maximum atomic E-state index is 12.6. The molecule has 0 aromatic heterocycles. The summed E-state index contributed by atoms with van der Waals surface area (Å²) in [5.74, 6) is -0.654. The normalized spacial score (nSPS) is 17.1. The molecule has 0 bridgehead atoms. The smallest absolute Gasteiger partial charge is 0.242 e. The van der Waals surface area contributed by atoms with E-state index in [9.17, 15) is 19.2 Å². The van der Waals surface area contributed by atoms with Gasteiger partial charge in [-0.3, -0.25) is 24.1 Å². The molecule has 12 heteroatoms. The van der Waals surface area contributed by atoms with Crippen LogP contribution in [0.1, 0.15) is 23.6 Å². The number of epoxide rings is 1. The Bertz CT molecular complexity index is 1270. The Kier molecular flexibility index (Phi) is 13.1. The number of morpholine rings is 1. The third-order valence-electron chi connectivity index (χ3n) is 6.77. The van der Waals surface area contributed by atoms with Crippen LogP contribution >= 0.6 is 0 Å². The summed E-state index contributed by atoms with van der Waals surface area (Å²) in [6.07, 6.45) is -0.307. The Morgan fingerprint density at radius 1 is 1.02 bits per heavy atom. The summed E-state index contributed by atoms with van der Waals surface area (Å²) in [6.45, 7) is 6.18. The van der Waals surface area contributed by atoms with E-state index >= 15 is 0 Å². The first-order valence-corrected chi connectivity index (χ1v) is 14.1. The van der Waals surface area contributed by atoms with Gasteiger partial charge >= 0.3 is 0 Å². The highest BCUT2D eigenvalue weighted by atomic mass is 16.6. The molecule has 3 unspecified atom stereocenters. The number of carbonyl (C=O) groups is 4. The van der Waals surface area contributed by atoms with Crippen LogP contribution in [0.4, 0.5) is 0 Å². The summed E-state index contributed by atoms with van der Waals surface area (Å²) in [5.41, 5.74) is 2.53. The minimum absolute atomic E-state index is 0.170. The van der Waals surface area contributed by atoms with Crippen LogP contribution in [0.5, 0.6) is 5.75 Å². The van der Waals surface area contributed by atoms with E-state index in [0.29, 0.717) is 38.5 Å². The Balaban J connectivity index is 0.000000480. The average molecular weight is 594 g/mol. The molecule has 2 aliphatic rings. The number of carbonyl (C=O) groups excluding carboxylic acids is 4. The quantitative estimate of drug-likeness (QED) is 0.298. The largest absolute Gasteiger partial charge is 0.497 e. The molecule has 2 aromatic rings. The molecule has 2 fully saturated rings. The van der Waals surface area contributed by atoms with Gasteiger partial charge in [-0.05, 0) is 50.1 Å². The Morgan fingerprint density at radius 2 is 1.67 bits per heavy atom. The number of amides is 3. The van der Waals surface area contributed by atoms with Crippen molar-refractivity contribution in [3.05, 3.63) is 65.2 Å². The van der Waals surface area contributed by atoms with Gasteiger partial charge in [0.25, 0.3) is 0 Å². The summed E-state index contributed by atoms with van der Waals surface area (Å²) in [4.78, 5) is 51.4. The maximum absolute atomic E-state index is 12.6. The number of ether oxygens (including phenoxy) is 3. The lowest BCUT2D eigenvalue weighted by atomic mass is 10.00. The molecule has 2 heterocycles. The molecule has 0 spiro atoms. The minimum atomic E-state index is -0.824. The summed E-state index contributed by atoms with van der Waals surface area (Å²) in [6, 6.07) is 15.1. The Hall–Kier alpha value is -4.31. The number of hydrogen-bond acceptors (Lipinski definition) is 9. The monoisotopic (exact) mass is 593 g/mol. The number of nitrogens with zero attached hydrogens (tertiary/aromatic N) is 2. The summed E-state index contributed by atoms with van der Waals surface area (Å²) in [7, 11) is 1.67.